The fourth-order valence-electron chi connectivity index (χ4n) is 2.88. The van der Waals surface area contributed by atoms with Crippen molar-refractivity contribution < 1.29 is 9.90 Å². The summed E-state index contributed by atoms with van der Waals surface area (Å²) in [4.78, 5) is 22.0. The molecule has 0 bridgehead atoms. The van der Waals surface area contributed by atoms with Crippen LogP contribution in [0.3, 0.4) is 0 Å². The topological polar surface area (TPSA) is 87.1 Å². The molecule has 6 nitrogen and oxygen atoms in total. The number of hydrogen-bond donors (Lipinski definition) is 3. The van der Waals surface area contributed by atoms with Crippen molar-refractivity contribution in [3.05, 3.63) is 58.2 Å². The summed E-state index contributed by atoms with van der Waals surface area (Å²) in [6.07, 6.45) is 3.94. The van der Waals surface area contributed by atoms with Gasteiger partial charge in [0, 0.05) is 17.2 Å². The molecule has 0 spiro atoms. The molecule has 1 fully saturated rings. The number of nitrogens with zero attached hydrogens (tertiary/aromatic N) is 2. The molecular formula is C20H20N4O2S. The van der Waals surface area contributed by atoms with E-state index in [9.17, 15) is 9.90 Å². The molecule has 7 heteroatoms. The third-order valence-corrected chi connectivity index (χ3v) is 5.53. The van der Waals surface area contributed by atoms with Crippen LogP contribution in [0.1, 0.15) is 45.3 Å². The highest BCUT2D eigenvalue weighted by atomic mass is 32.1. The van der Waals surface area contributed by atoms with Gasteiger partial charge in [0.1, 0.15) is 16.4 Å². The van der Waals surface area contributed by atoms with Crippen LogP contribution < -0.4 is 10.6 Å². The summed E-state index contributed by atoms with van der Waals surface area (Å²) in [6.45, 7) is 3.66. The number of nitrogens with one attached hydrogen (secondary N) is 2. The lowest BCUT2D eigenvalue weighted by atomic mass is 10.1. The summed E-state index contributed by atoms with van der Waals surface area (Å²) in [7, 11) is 0. The van der Waals surface area contributed by atoms with Gasteiger partial charge >= 0.3 is 0 Å². The number of aromatic hydroxyl groups is 1. The first kappa shape index (κ1) is 17.5. The molecule has 1 amide bonds. The van der Waals surface area contributed by atoms with Crippen molar-refractivity contribution in [3.63, 3.8) is 0 Å². The van der Waals surface area contributed by atoms with Crippen LogP contribution in [0.4, 0.5) is 16.6 Å². The van der Waals surface area contributed by atoms with Gasteiger partial charge in [-0.25, -0.2) is 9.97 Å². The summed E-state index contributed by atoms with van der Waals surface area (Å²) in [6, 6.07) is 9.32. The number of anilines is 3. The van der Waals surface area contributed by atoms with E-state index in [1.54, 1.807) is 25.3 Å². The van der Waals surface area contributed by atoms with Gasteiger partial charge in [-0.2, -0.15) is 0 Å². The van der Waals surface area contributed by atoms with Crippen molar-refractivity contribution in [2.45, 2.75) is 32.6 Å². The Kier molecular flexibility index (Phi) is 4.53. The summed E-state index contributed by atoms with van der Waals surface area (Å²) in [5.74, 6) is 1.22. The minimum atomic E-state index is -0.253. The molecule has 138 valence electrons. The molecule has 0 aliphatic heterocycles. The molecule has 0 unspecified atom stereocenters. The molecule has 4 rings (SSSR count). The highest BCUT2D eigenvalue weighted by Crippen LogP contribution is 2.39. The number of rotatable bonds is 5. The number of aromatic nitrogens is 2. The van der Waals surface area contributed by atoms with Gasteiger partial charge in [-0.3, -0.25) is 4.79 Å². The van der Waals surface area contributed by atoms with Crippen molar-refractivity contribution in [2.24, 2.45) is 0 Å². The van der Waals surface area contributed by atoms with Crippen LogP contribution in [0, 0.1) is 13.8 Å². The summed E-state index contributed by atoms with van der Waals surface area (Å²) in [5, 5.41) is 16.5. The lowest BCUT2D eigenvalue weighted by molar-refractivity contribution is 0.103. The molecule has 1 aromatic carbocycles. The van der Waals surface area contributed by atoms with Gasteiger partial charge in [0.25, 0.3) is 5.91 Å². The standard InChI is InChI=1S/C20H20N4O2S/c1-11-6-9-15(25)12(2)18(11)24-19(26)16-10-21-20(27-16)23-17-5-3-4-14(22-17)13-7-8-13/h3-6,9-10,13,25H,7-8H2,1-2H3,(H,24,26)(H,21,22,23). The zero-order chi connectivity index (χ0) is 19.0. The first-order valence-electron chi connectivity index (χ1n) is 8.81. The normalized spacial score (nSPS) is 13.4. The fraction of sp³-hybridized carbons (Fsp3) is 0.250. The van der Waals surface area contributed by atoms with Gasteiger partial charge in [-0.15, -0.1) is 0 Å². The van der Waals surface area contributed by atoms with Crippen molar-refractivity contribution in [3.8, 4) is 5.75 Å². The molecule has 3 aromatic rings. The van der Waals surface area contributed by atoms with Crippen LogP contribution in [0.2, 0.25) is 0 Å². The molecule has 1 aliphatic rings. The molecule has 27 heavy (non-hydrogen) atoms. The predicted octanol–water partition coefficient (Wildman–Crippen LogP) is 4.73. The van der Waals surface area contributed by atoms with Crippen LogP contribution in [0.15, 0.2) is 36.5 Å². The Balaban J connectivity index is 1.48. The van der Waals surface area contributed by atoms with E-state index in [4.69, 9.17) is 0 Å². The van der Waals surface area contributed by atoms with E-state index in [0.29, 0.717) is 27.2 Å². The highest BCUT2D eigenvalue weighted by molar-refractivity contribution is 7.17. The maximum absolute atomic E-state index is 12.6. The van der Waals surface area contributed by atoms with Crippen LogP contribution in [-0.2, 0) is 0 Å². The molecule has 1 aliphatic carbocycles. The SMILES string of the molecule is Cc1ccc(O)c(C)c1NC(=O)c1cnc(Nc2cccc(C3CC3)n2)s1. The van der Waals surface area contributed by atoms with Crippen LogP contribution in [-0.4, -0.2) is 21.0 Å². The maximum atomic E-state index is 12.6. The van der Waals surface area contributed by atoms with Gasteiger partial charge in [0.05, 0.1) is 11.9 Å². The van der Waals surface area contributed by atoms with E-state index in [1.165, 1.54) is 24.2 Å². The molecule has 2 aromatic heterocycles. The number of hydrogen-bond acceptors (Lipinski definition) is 6. The number of carbonyl (C=O) groups is 1. The summed E-state index contributed by atoms with van der Waals surface area (Å²) < 4.78 is 0. The first-order chi connectivity index (χ1) is 13.0. The smallest absolute Gasteiger partial charge is 0.267 e. The lowest BCUT2D eigenvalue weighted by Crippen LogP contribution is -2.12. The van der Waals surface area contributed by atoms with Crippen LogP contribution >= 0.6 is 11.3 Å². The van der Waals surface area contributed by atoms with Crippen LogP contribution in [0.25, 0.3) is 0 Å². The molecule has 0 saturated heterocycles. The minimum absolute atomic E-state index is 0.157. The monoisotopic (exact) mass is 380 g/mol. The molecule has 3 N–H and O–H groups in total. The number of benzene rings is 1. The zero-order valence-electron chi connectivity index (χ0n) is 15.1. The number of aryl methyl sites for hydroxylation is 1. The summed E-state index contributed by atoms with van der Waals surface area (Å²) >= 11 is 1.26. The molecule has 0 atom stereocenters. The second kappa shape index (κ2) is 7.00. The van der Waals surface area contributed by atoms with E-state index in [2.05, 4.69) is 20.6 Å². The van der Waals surface area contributed by atoms with Gasteiger partial charge in [0.15, 0.2) is 5.13 Å². The minimum Gasteiger partial charge on any atom is -0.508 e. The van der Waals surface area contributed by atoms with E-state index in [1.807, 2.05) is 25.1 Å². The van der Waals surface area contributed by atoms with E-state index in [-0.39, 0.29) is 11.7 Å². The van der Waals surface area contributed by atoms with E-state index >= 15 is 0 Å². The summed E-state index contributed by atoms with van der Waals surface area (Å²) in [5.41, 5.74) is 3.26. The number of phenolic OH excluding ortho intramolecular Hbond substituents is 1. The Bertz CT molecular complexity index is 1010. The number of amides is 1. The lowest BCUT2D eigenvalue weighted by Gasteiger charge is -2.11. The van der Waals surface area contributed by atoms with Crippen molar-refractivity contribution in [2.75, 3.05) is 10.6 Å². The Morgan fingerprint density at radius 2 is 2.04 bits per heavy atom. The second-order valence-corrected chi connectivity index (χ2v) is 7.76. The van der Waals surface area contributed by atoms with Crippen molar-refractivity contribution >= 4 is 33.9 Å². The van der Waals surface area contributed by atoms with Gasteiger partial charge < -0.3 is 15.7 Å². The highest BCUT2D eigenvalue weighted by Gasteiger charge is 2.25. The Labute approximate surface area is 161 Å². The maximum Gasteiger partial charge on any atom is 0.267 e. The number of carbonyl (C=O) groups excluding carboxylic acids is 1. The van der Waals surface area contributed by atoms with Crippen molar-refractivity contribution in [1.82, 2.24) is 9.97 Å². The largest absolute Gasteiger partial charge is 0.508 e. The fourth-order valence-corrected chi connectivity index (χ4v) is 3.60. The molecule has 0 radical (unpaired) electrons. The predicted molar refractivity (Wildman–Crippen MR) is 107 cm³/mol. The van der Waals surface area contributed by atoms with Gasteiger partial charge in [-0.05, 0) is 50.5 Å². The number of pyridine rings is 1. The quantitative estimate of drug-likeness (QED) is 0.595. The molecular weight excluding hydrogens is 360 g/mol. The van der Waals surface area contributed by atoms with Crippen LogP contribution in [0.5, 0.6) is 5.75 Å². The molecule has 2 heterocycles. The van der Waals surface area contributed by atoms with Crippen molar-refractivity contribution in [1.29, 1.82) is 0 Å². The second-order valence-electron chi connectivity index (χ2n) is 6.73. The Morgan fingerprint density at radius 3 is 2.81 bits per heavy atom. The van der Waals surface area contributed by atoms with Gasteiger partial charge in [-0.1, -0.05) is 23.5 Å². The molecule has 1 saturated carbocycles. The number of phenols is 1. The van der Waals surface area contributed by atoms with E-state index in [0.717, 1.165) is 17.1 Å². The average molecular weight is 380 g/mol. The Morgan fingerprint density at radius 1 is 1.22 bits per heavy atom. The third-order valence-electron chi connectivity index (χ3n) is 4.61. The number of thiazole rings is 1. The Hall–Kier alpha value is -2.93. The van der Waals surface area contributed by atoms with Gasteiger partial charge in [0.2, 0.25) is 0 Å². The first-order valence-corrected chi connectivity index (χ1v) is 9.63. The van der Waals surface area contributed by atoms with E-state index < -0.39 is 0 Å². The zero-order valence-corrected chi connectivity index (χ0v) is 15.9. The third kappa shape index (κ3) is 3.78. The average Bonchev–Trinajstić information content (AvgIpc) is 3.41.